The molecule has 4 aromatic rings. The summed E-state index contributed by atoms with van der Waals surface area (Å²) >= 11 is 3.56. The quantitative estimate of drug-likeness (QED) is 0.408. The molecule has 0 aliphatic carbocycles. The van der Waals surface area contributed by atoms with Gasteiger partial charge in [0, 0.05) is 17.1 Å². The Balaban J connectivity index is 1.66. The first-order valence-corrected chi connectivity index (χ1v) is 9.74. The highest BCUT2D eigenvalue weighted by Gasteiger charge is 2.15. The second-order valence-electron chi connectivity index (χ2n) is 6.29. The number of carbonyl (C=O) groups is 1. The lowest BCUT2D eigenvalue weighted by Gasteiger charge is -2.09. The number of carbonyl (C=O) groups excluding carboxylic acids is 1. The molecule has 0 amide bonds. The van der Waals surface area contributed by atoms with Crippen LogP contribution in [-0.4, -0.2) is 15.5 Å². The van der Waals surface area contributed by atoms with Gasteiger partial charge in [-0.25, -0.2) is 9.55 Å². The van der Waals surface area contributed by atoms with Crippen molar-refractivity contribution in [3.63, 3.8) is 0 Å². The molecule has 4 nitrogen and oxygen atoms in total. The Kier molecular flexibility index (Phi) is 5.35. The van der Waals surface area contributed by atoms with E-state index in [-0.39, 0.29) is 5.91 Å². The van der Waals surface area contributed by atoms with Gasteiger partial charge in [-0.1, -0.05) is 76.6 Å². The molecule has 28 heavy (non-hydrogen) atoms. The van der Waals surface area contributed by atoms with E-state index in [0.717, 1.165) is 26.6 Å². The Morgan fingerprint density at radius 1 is 0.964 bits per heavy atom. The smallest absolute Gasteiger partial charge is 0.257 e. The van der Waals surface area contributed by atoms with Crippen LogP contribution in [0.4, 0.5) is 5.95 Å². The van der Waals surface area contributed by atoms with Gasteiger partial charge >= 0.3 is 0 Å². The average molecular weight is 432 g/mol. The van der Waals surface area contributed by atoms with Gasteiger partial charge in [0.2, 0.25) is 5.95 Å². The van der Waals surface area contributed by atoms with Crippen molar-refractivity contribution in [3.05, 3.63) is 101 Å². The van der Waals surface area contributed by atoms with Crippen molar-refractivity contribution in [3.8, 4) is 0 Å². The maximum absolute atomic E-state index is 13.0. The molecule has 0 saturated carbocycles. The number of imidazole rings is 1. The topological polar surface area (TPSA) is 46.9 Å². The fraction of sp³-hybridized carbons (Fsp3) is 0.0435. The molecule has 1 N–H and O–H groups in total. The van der Waals surface area contributed by atoms with Crippen LogP contribution in [0.2, 0.25) is 0 Å². The number of allylic oxidation sites excluding steroid dienone is 1. The molecular weight excluding hydrogens is 414 g/mol. The lowest BCUT2D eigenvalue weighted by atomic mass is 10.2. The van der Waals surface area contributed by atoms with Crippen LogP contribution in [0.15, 0.2) is 89.4 Å². The molecule has 138 valence electrons. The first kappa shape index (κ1) is 18.2. The van der Waals surface area contributed by atoms with E-state index in [1.54, 1.807) is 10.6 Å². The van der Waals surface area contributed by atoms with Gasteiger partial charge in [-0.05, 0) is 35.4 Å². The second-order valence-corrected chi connectivity index (χ2v) is 7.14. The molecule has 0 fully saturated rings. The Hall–Kier alpha value is -3.18. The summed E-state index contributed by atoms with van der Waals surface area (Å²) in [5.74, 6) is 0.381. The summed E-state index contributed by atoms with van der Waals surface area (Å²) < 4.78 is 2.63. The van der Waals surface area contributed by atoms with Crippen molar-refractivity contribution in [1.82, 2.24) is 9.55 Å². The summed E-state index contributed by atoms with van der Waals surface area (Å²) in [5, 5.41) is 3.31. The first-order chi connectivity index (χ1) is 13.7. The van der Waals surface area contributed by atoms with Crippen LogP contribution in [-0.2, 0) is 6.54 Å². The number of benzene rings is 3. The SMILES string of the molecule is O=C(C=Cc1ccccc1)n1c(NCc2ccccc2Br)nc2ccccc21. The van der Waals surface area contributed by atoms with Crippen LogP contribution in [0, 0.1) is 0 Å². The third kappa shape index (κ3) is 3.89. The highest BCUT2D eigenvalue weighted by Crippen LogP contribution is 2.22. The molecule has 0 spiro atoms. The molecule has 4 rings (SSSR count). The van der Waals surface area contributed by atoms with Crippen LogP contribution < -0.4 is 5.32 Å². The zero-order valence-corrected chi connectivity index (χ0v) is 16.6. The maximum Gasteiger partial charge on any atom is 0.257 e. The van der Waals surface area contributed by atoms with Gasteiger partial charge in [0.25, 0.3) is 5.91 Å². The number of rotatable bonds is 5. The van der Waals surface area contributed by atoms with Gasteiger partial charge in [0.15, 0.2) is 0 Å². The molecule has 0 bridgehead atoms. The highest BCUT2D eigenvalue weighted by atomic mass is 79.9. The standard InChI is InChI=1S/C23H18BrN3O/c24-19-11-5-4-10-18(19)16-25-23-26-20-12-6-7-13-21(20)27(23)22(28)15-14-17-8-2-1-3-9-17/h1-15H,16H2,(H,25,26). The highest BCUT2D eigenvalue weighted by molar-refractivity contribution is 9.10. The monoisotopic (exact) mass is 431 g/mol. The van der Waals surface area contributed by atoms with Crippen LogP contribution in [0.3, 0.4) is 0 Å². The van der Waals surface area contributed by atoms with Crippen molar-refractivity contribution in [2.75, 3.05) is 5.32 Å². The van der Waals surface area contributed by atoms with E-state index in [2.05, 4.69) is 26.2 Å². The Morgan fingerprint density at radius 3 is 2.50 bits per heavy atom. The first-order valence-electron chi connectivity index (χ1n) is 8.94. The number of hydrogen-bond acceptors (Lipinski definition) is 3. The van der Waals surface area contributed by atoms with E-state index >= 15 is 0 Å². The van der Waals surface area contributed by atoms with Gasteiger partial charge < -0.3 is 5.32 Å². The molecule has 0 unspecified atom stereocenters. The number of anilines is 1. The zero-order chi connectivity index (χ0) is 19.3. The predicted molar refractivity (Wildman–Crippen MR) is 117 cm³/mol. The molecule has 5 heteroatoms. The predicted octanol–water partition coefficient (Wildman–Crippen LogP) is 5.76. The van der Waals surface area contributed by atoms with E-state index in [1.807, 2.05) is 84.9 Å². The third-order valence-electron chi connectivity index (χ3n) is 4.39. The zero-order valence-electron chi connectivity index (χ0n) is 15.0. The fourth-order valence-corrected chi connectivity index (χ4v) is 3.41. The Bertz CT molecular complexity index is 1150. The van der Waals surface area contributed by atoms with Crippen LogP contribution >= 0.6 is 15.9 Å². The van der Waals surface area contributed by atoms with Crippen molar-refractivity contribution in [1.29, 1.82) is 0 Å². The van der Waals surface area contributed by atoms with Gasteiger partial charge in [-0.15, -0.1) is 0 Å². The van der Waals surface area contributed by atoms with Crippen LogP contribution in [0.5, 0.6) is 0 Å². The van der Waals surface area contributed by atoms with Crippen LogP contribution in [0.25, 0.3) is 17.1 Å². The van der Waals surface area contributed by atoms with E-state index in [4.69, 9.17) is 0 Å². The minimum atomic E-state index is -0.146. The molecule has 0 radical (unpaired) electrons. The second kappa shape index (κ2) is 8.23. The molecule has 1 aromatic heterocycles. The molecule has 0 saturated heterocycles. The van der Waals surface area contributed by atoms with E-state index < -0.39 is 0 Å². The van der Waals surface area contributed by atoms with Gasteiger partial charge in [0.05, 0.1) is 11.0 Å². The lowest BCUT2D eigenvalue weighted by molar-refractivity contribution is 0.0976. The number of halogens is 1. The lowest BCUT2D eigenvalue weighted by Crippen LogP contribution is -2.13. The van der Waals surface area contributed by atoms with E-state index in [9.17, 15) is 4.79 Å². The minimum absolute atomic E-state index is 0.146. The molecule has 0 aliphatic heterocycles. The summed E-state index contributed by atoms with van der Waals surface area (Å²) in [4.78, 5) is 17.6. The maximum atomic E-state index is 13.0. The Labute approximate surface area is 171 Å². The van der Waals surface area contributed by atoms with E-state index in [0.29, 0.717) is 12.5 Å². The van der Waals surface area contributed by atoms with Gasteiger partial charge in [-0.2, -0.15) is 0 Å². The van der Waals surface area contributed by atoms with Gasteiger partial charge in [0.1, 0.15) is 0 Å². The third-order valence-corrected chi connectivity index (χ3v) is 5.17. The summed E-state index contributed by atoms with van der Waals surface area (Å²) in [6, 6.07) is 25.4. The molecule has 0 atom stereocenters. The summed E-state index contributed by atoms with van der Waals surface area (Å²) in [7, 11) is 0. The van der Waals surface area contributed by atoms with Crippen molar-refractivity contribution < 1.29 is 4.79 Å². The van der Waals surface area contributed by atoms with Crippen molar-refractivity contribution in [2.45, 2.75) is 6.54 Å². The summed E-state index contributed by atoms with van der Waals surface area (Å²) in [6.07, 6.45) is 3.39. The molecule has 1 heterocycles. The van der Waals surface area contributed by atoms with Crippen LogP contribution in [0.1, 0.15) is 15.9 Å². The summed E-state index contributed by atoms with van der Waals surface area (Å²) in [5.41, 5.74) is 3.62. The summed E-state index contributed by atoms with van der Waals surface area (Å²) in [6.45, 7) is 0.556. The number of fused-ring (bicyclic) bond motifs is 1. The fourth-order valence-electron chi connectivity index (χ4n) is 2.99. The minimum Gasteiger partial charge on any atom is -0.351 e. The number of hydrogen-bond donors (Lipinski definition) is 1. The van der Waals surface area contributed by atoms with Crippen molar-refractivity contribution in [2.24, 2.45) is 0 Å². The normalized spacial score (nSPS) is 11.2. The largest absolute Gasteiger partial charge is 0.351 e. The number of nitrogens with zero attached hydrogens (tertiary/aromatic N) is 2. The number of nitrogens with one attached hydrogen (secondary N) is 1. The average Bonchev–Trinajstić information content (AvgIpc) is 3.10. The van der Waals surface area contributed by atoms with Crippen molar-refractivity contribution >= 4 is 44.9 Å². The number of aromatic nitrogens is 2. The molecular formula is C23H18BrN3O. The number of para-hydroxylation sites is 2. The molecule has 0 aliphatic rings. The molecule has 3 aromatic carbocycles. The van der Waals surface area contributed by atoms with Gasteiger partial charge in [-0.3, -0.25) is 4.79 Å². The Morgan fingerprint density at radius 2 is 1.68 bits per heavy atom. The van der Waals surface area contributed by atoms with E-state index in [1.165, 1.54) is 0 Å².